The van der Waals surface area contributed by atoms with Crippen LogP contribution in [0, 0.1) is 0 Å². The van der Waals surface area contributed by atoms with Crippen molar-refractivity contribution in [2.24, 2.45) is 0 Å². The van der Waals surface area contributed by atoms with Crippen LogP contribution in [0.4, 0.5) is 4.79 Å². The maximum absolute atomic E-state index is 12.4. The number of urea groups is 1. The molecule has 0 saturated carbocycles. The van der Waals surface area contributed by atoms with Gasteiger partial charge in [0.25, 0.3) is 5.91 Å². The van der Waals surface area contributed by atoms with Gasteiger partial charge in [-0.15, -0.1) is 0 Å². The van der Waals surface area contributed by atoms with Gasteiger partial charge in [0.1, 0.15) is 5.75 Å². The van der Waals surface area contributed by atoms with E-state index in [-0.39, 0.29) is 11.3 Å². The SMILES string of the molecule is CCNC(=O)NC(=O)[C@H](OC(=O)c1ccc(O)cc1)c1ccccc1. The van der Waals surface area contributed by atoms with Crippen LogP contribution < -0.4 is 10.6 Å². The summed E-state index contributed by atoms with van der Waals surface area (Å²) >= 11 is 0. The van der Waals surface area contributed by atoms with E-state index >= 15 is 0 Å². The second-order valence-electron chi connectivity index (χ2n) is 5.09. The number of phenolic OH excluding ortho intramolecular Hbond substituents is 1. The van der Waals surface area contributed by atoms with E-state index < -0.39 is 24.0 Å². The van der Waals surface area contributed by atoms with Crippen molar-refractivity contribution in [1.29, 1.82) is 0 Å². The first-order valence-corrected chi connectivity index (χ1v) is 7.65. The number of ether oxygens (including phenoxy) is 1. The third-order valence-electron chi connectivity index (χ3n) is 3.24. The number of amides is 3. The van der Waals surface area contributed by atoms with Crippen LogP contribution >= 0.6 is 0 Å². The van der Waals surface area contributed by atoms with Gasteiger partial charge in [-0.3, -0.25) is 10.1 Å². The molecular weight excluding hydrogens is 324 g/mol. The fraction of sp³-hybridized carbons (Fsp3) is 0.167. The van der Waals surface area contributed by atoms with Crippen LogP contribution in [0.2, 0.25) is 0 Å². The molecule has 0 aliphatic rings. The summed E-state index contributed by atoms with van der Waals surface area (Å²) < 4.78 is 5.29. The van der Waals surface area contributed by atoms with Crippen molar-refractivity contribution in [3.8, 4) is 5.75 Å². The Morgan fingerprint density at radius 1 is 1.04 bits per heavy atom. The van der Waals surface area contributed by atoms with Crippen LogP contribution in [-0.4, -0.2) is 29.6 Å². The Morgan fingerprint density at radius 2 is 1.68 bits per heavy atom. The molecule has 3 amide bonds. The van der Waals surface area contributed by atoms with Crippen molar-refractivity contribution >= 4 is 17.9 Å². The Labute approximate surface area is 144 Å². The number of phenols is 1. The van der Waals surface area contributed by atoms with E-state index in [4.69, 9.17) is 4.74 Å². The van der Waals surface area contributed by atoms with Crippen molar-refractivity contribution in [3.63, 3.8) is 0 Å². The minimum absolute atomic E-state index is 0.00476. The molecule has 0 aliphatic heterocycles. The average Bonchev–Trinajstić information content (AvgIpc) is 2.61. The third kappa shape index (κ3) is 5.07. The molecule has 3 N–H and O–H groups in total. The highest BCUT2D eigenvalue weighted by molar-refractivity contribution is 5.99. The summed E-state index contributed by atoms with van der Waals surface area (Å²) in [5, 5.41) is 13.8. The van der Waals surface area contributed by atoms with Crippen molar-refractivity contribution in [2.75, 3.05) is 6.54 Å². The molecule has 0 fully saturated rings. The fourth-order valence-corrected chi connectivity index (χ4v) is 2.06. The highest BCUT2D eigenvalue weighted by atomic mass is 16.5. The van der Waals surface area contributed by atoms with E-state index in [0.717, 1.165) is 0 Å². The number of benzene rings is 2. The lowest BCUT2D eigenvalue weighted by atomic mass is 10.1. The zero-order chi connectivity index (χ0) is 18.2. The number of carbonyl (C=O) groups is 3. The predicted molar refractivity (Wildman–Crippen MR) is 89.9 cm³/mol. The summed E-state index contributed by atoms with van der Waals surface area (Å²) in [6, 6.07) is 13.1. The highest BCUT2D eigenvalue weighted by Gasteiger charge is 2.27. The summed E-state index contributed by atoms with van der Waals surface area (Å²) in [5.41, 5.74) is 0.598. The van der Waals surface area contributed by atoms with Gasteiger partial charge in [-0.1, -0.05) is 30.3 Å². The first-order valence-electron chi connectivity index (χ1n) is 7.65. The number of nitrogens with one attached hydrogen (secondary N) is 2. The summed E-state index contributed by atoms with van der Waals surface area (Å²) in [5.74, 6) is -1.51. The Kier molecular flexibility index (Phi) is 6.11. The quantitative estimate of drug-likeness (QED) is 0.722. The molecule has 0 bridgehead atoms. The van der Waals surface area contributed by atoms with Gasteiger partial charge in [0.15, 0.2) is 0 Å². The van der Waals surface area contributed by atoms with Crippen molar-refractivity contribution in [1.82, 2.24) is 10.6 Å². The number of esters is 1. The summed E-state index contributed by atoms with van der Waals surface area (Å²) in [4.78, 5) is 36.2. The smallest absolute Gasteiger partial charge is 0.339 e. The van der Waals surface area contributed by atoms with Crippen molar-refractivity contribution in [3.05, 3.63) is 65.7 Å². The topological polar surface area (TPSA) is 105 Å². The molecule has 7 heteroatoms. The molecule has 25 heavy (non-hydrogen) atoms. The summed E-state index contributed by atoms with van der Waals surface area (Å²) in [6.07, 6.45) is -1.29. The van der Waals surface area contributed by atoms with Crippen LogP contribution in [0.25, 0.3) is 0 Å². The van der Waals surface area contributed by atoms with Crippen LogP contribution in [0.1, 0.15) is 28.9 Å². The van der Waals surface area contributed by atoms with E-state index in [0.29, 0.717) is 12.1 Å². The number of carbonyl (C=O) groups excluding carboxylic acids is 3. The first-order chi connectivity index (χ1) is 12.0. The molecule has 0 heterocycles. The fourth-order valence-electron chi connectivity index (χ4n) is 2.06. The van der Waals surface area contributed by atoms with Crippen molar-refractivity contribution in [2.45, 2.75) is 13.0 Å². The lowest BCUT2D eigenvalue weighted by Crippen LogP contribution is -2.42. The van der Waals surface area contributed by atoms with Gasteiger partial charge in [-0.2, -0.15) is 0 Å². The van der Waals surface area contributed by atoms with Crippen molar-refractivity contribution < 1.29 is 24.2 Å². The molecule has 0 aliphatic carbocycles. The van der Waals surface area contributed by atoms with Gasteiger partial charge in [-0.25, -0.2) is 9.59 Å². The number of rotatable bonds is 5. The van der Waals surface area contributed by atoms with Gasteiger partial charge in [0.05, 0.1) is 5.56 Å². The van der Waals surface area contributed by atoms with E-state index in [1.807, 2.05) is 0 Å². The minimum Gasteiger partial charge on any atom is -0.508 e. The Balaban J connectivity index is 2.20. The molecule has 2 aromatic rings. The molecule has 0 unspecified atom stereocenters. The largest absolute Gasteiger partial charge is 0.508 e. The van der Waals surface area contributed by atoms with Crippen LogP contribution in [0.3, 0.4) is 0 Å². The van der Waals surface area contributed by atoms with E-state index in [1.54, 1.807) is 37.3 Å². The van der Waals surface area contributed by atoms with E-state index in [2.05, 4.69) is 10.6 Å². The lowest BCUT2D eigenvalue weighted by molar-refractivity contribution is -0.129. The monoisotopic (exact) mass is 342 g/mol. The van der Waals surface area contributed by atoms with Crippen LogP contribution in [-0.2, 0) is 9.53 Å². The second kappa shape index (κ2) is 8.49. The number of imide groups is 1. The molecule has 7 nitrogen and oxygen atoms in total. The van der Waals surface area contributed by atoms with Crippen LogP contribution in [0.5, 0.6) is 5.75 Å². The predicted octanol–water partition coefficient (Wildman–Crippen LogP) is 2.14. The van der Waals surface area contributed by atoms with Crippen LogP contribution in [0.15, 0.2) is 54.6 Å². The Morgan fingerprint density at radius 3 is 2.28 bits per heavy atom. The second-order valence-corrected chi connectivity index (χ2v) is 5.09. The molecule has 2 rings (SSSR count). The zero-order valence-corrected chi connectivity index (χ0v) is 13.6. The number of hydrogen-bond donors (Lipinski definition) is 3. The van der Waals surface area contributed by atoms with Gasteiger partial charge >= 0.3 is 12.0 Å². The first kappa shape index (κ1) is 18.0. The molecular formula is C18H18N2O5. The maximum Gasteiger partial charge on any atom is 0.339 e. The van der Waals surface area contributed by atoms with E-state index in [9.17, 15) is 19.5 Å². The number of aromatic hydroxyl groups is 1. The molecule has 130 valence electrons. The lowest BCUT2D eigenvalue weighted by Gasteiger charge is -2.17. The average molecular weight is 342 g/mol. The van der Waals surface area contributed by atoms with E-state index in [1.165, 1.54) is 24.3 Å². The highest BCUT2D eigenvalue weighted by Crippen LogP contribution is 2.20. The van der Waals surface area contributed by atoms with Gasteiger partial charge < -0.3 is 15.2 Å². The Bertz CT molecular complexity index is 744. The van der Waals surface area contributed by atoms with Gasteiger partial charge in [0.2, 0.25) is 6.10 Å². The van der Waals surface area contributed by atoms with Gasteiger partial charge in [0, 0.05) is 12.1 Å². The normalized spacial score (nSPS) is 11.2. The zero-order valence-electron chi connectivity index (χ0n) is 13.6. The summed E-state index contributed by atoms with van der Waals surface area (Å²) in [7, 11) is 0. The molecule has 0 spiro atoms. The molecule has 0 saturated heterocycles. The molecule has 2 aromatic carbocycles. The maximum atomic E-state index is 12.4. The minimum atomic E-state index is -1.29. The standard InChI is InChI=1S/C18H18N2O5/c1-2-19-18(24)20-16(22)15(12-6-4-3-5-7-12)25-17(23)13-8-10-14(21)11-9-13/h3-11,15,21H,2H2,1H3,(H2,19,20,22,24)/t15-/m1/s1. The summed E-state index contributed by atoms with van der Waals surface area (Å²) in [6.45, 7) is 2.06. The Hall–Kier alpha value is -3.35. The third-order valence-corrected chi connectivity index (χ3v) is 3.24. The molecule has 1 atom stereocenters. The number of hydrogen-bond acceptors (Lipinski definition) is 5. The molecule has 0 aromatic heterocycles. The van der Waals surface area contributed by atoms with Gasteiger partial charge in [-0.05, 0) is 31.2 Å². The molecule has 0 radical (unpaired) electrons.